The molecular weight excluding hydrogens is 296 g/mol. The quantitative estimate of drug-likeness (QED) is 0.916. The summed E-state index contributed by atoms with van der Waals surface area (Å²) in [5.74, 6) is 3.16. The molecule has 1 saturated heterocycles. The van der Waals surface area contributed by atoms with E-state index in [9.17, 15) is 4.79 Å². The van der Waals surface area contributed by atoms with Crippen LogP contribution >= 0.6 is 11.8 Å². The van der Waals surface area contributed by atoms with Gasteiger partial charge in [0.2, 0.25) is 5.91 Å². The molecule has 6 heteroatoms. The van der Waals surface area contributed by atoms with Gasteiger partial charge in [-0.2, -0.15) is 16.9 Å². The largest absolute Gasteiger partial charge is 0.335 e. The number of amides is 1. The molecule has 4 rings (SSSR count). The van der Waals surface area contributed by atoms with Gasteiger partial charge < -0.3 is 10.2 Å². The Morgan fingerprint density at radius 1 is 1.36 bits per heavy atom. The van der Waals surface area contributed by atoms with Crippen molar-refractivity contribution in [1.82, 2.24) is 20.0 Å². The molecule has 1 atom stereocenters. The molecule has 120 valence electrons. The highest BCUT2D eigenvalue weighted by molar-refractivity contribution is 7.99. The summed E-state index contributed by atoms with van der Waals surface area (Å²) in [7, 11) is 0. The van der Waals surface area contributed by atoms with Gasteiger partial charge in [0, 0.05) is 30.8 Å². The fourth-order valence-electron chi connectivity index (χ4n) is 3.46. The minimum absolute atomic E-state index is 0.301. The number of nitrogens with zero attached hydrogens (tertiary/aromatic N) is 3. The Balaban J connectivity index is 1.36. The second kappa shape index (κ2) is 6.24. The van der Waals surface area contributed by atoms with Crippen molar-refractivity contribution in [3.05, 3.63) is 17.5 Å². The Morgan fingerprint density at radius 3 is 3.00 bits per heavy atom. The van der Waals surface area contributed by atoms with Crippen LogP contribution in [0.5, 0.6) is 0 Å². The van der Waals surface area contributed by atoms with E-state index in [-0.39, 0.29) is 0 Å². The molecule has 1 aromatic heterocycles. The third-order valence-corrected chi connectivity index (χ3v) is 6.28. The van der Waals surface area contributed by atoms with Gasteiger partial charge >= 0.3 is 0 Å². The zero-order valence-corrected chi connectivity index (χ0v) is 13.8. The molecule has 5 nitrogen and oxygen atoms in total. The zero-order valence-electron chi connectivity index (χ0n) is 13.0. The van der Waals surface area contributed by atoms with Crippen molar-refractivity contribution in [3.63, 3.8) is 0 Å². The third-order valence-electron chi connectivity index (χ3n) is 5.12. The summed E-state index contributed by atoms with van der Waals surface area (Å²) in [6.45, 7) is 3.24. The monoisotopic (exact) mass is 320 g/mol. The first kappa shape index (κ1) is 14.6. The summed E-state index contributed by atoms with van der Waals surface area (Å²) >= 11 is 2.03. The summed E-state index contributed by atoms with van der Waals surface area (Å²) in [5.41, 5.74) is 2.31. The lowest BCUT2D eigenvalue weighted by molar-refractivity contribution is -0.139. The number of aromatic nitrogens is 2. The molecular formula is C16H24N4OS. The van der Waals surface area contributed by atoms with E-state index in [1.807, 2.05) is 16.7 Å². The first-order valence-corrected chi connectivity index (χ1v) is 9.60. The van der Waals surface area contributed by atoms with Crippen molar-refractivity contribution in [3.8, 4) is 0 Å². The highest BCUT2D eigenvalue weighted by Crippen LogP contribution is 2.29. The molecule has 1 saturated carbocycles. The second-order valence-electron chi connectivity index (χ2n) is 6.68. The minimum Gasteiger partial charge on any atom is -0.335 e. The Bertz CT molecular complexity index is 548. The van der Waals surface area contributed by atoms with Gasteiger partial charge in [-0.3, -0.25) is 9.48 Å². The van der Waals surface area contributed by atoms with Crippen molar-refractivity contribution >= 4 is 17.7 Å². The number of hydrogen-bond donors (Lipinski definition) is 1. The number of thioether (sulfide) groups is 1. The molecule has 0 radical (unpaired) electrons. The lowest BCUT2D eigenvalue weighted by Gasteiger charge is -2.34. The molecule has 2 aliphatic heterocycles. The van der Waals surface area contributed by atoms with Crippen molar-refractivity contribution < 1.29 is 4.79 Å². The van der Waals surface area contributed by atoms with Gasteiger partial charge in [-0.1, -0.05) is 6.42 Å². The predicted octanol–water partition coefficient (Wildman–Crippen LogP) is 1.62. The number of nitrogens with one attached hydrogen (secondary N) is 1. The van der Waals surface area contributed by atoms with E-state index in [1.165, 1.54) is 30.0 Å². The molecule has 0 aromatic carbocycles. The smallest absolute Gasteiger partial charge is 0.226 e. The van der Waals surface area contributed by atoms with E-state index in [0.29, 0.717) is 17.9 Å². The Labute approximate surface area is 135 Å². The van der Waals surface area contributed by atoms with Gasteiger partial charge in [-0.15, -0.1) is 0 Å². The van der Waals surface area contributed by atoms with Gasteiger partial charge in [-0.05, 0) is 31.1 Å². The van der Waals surface area contributed by atoms with Crippen molar-refractivity contribution in [2.24, 2.45) is 5.92 Å². The van der Waals surface area contributed by atoms with Crippen molar-refractivity contribution in [1.29, 1.82) is 0 Å². The third kappa shape index (κ3) is 2.91. The average molecular weight is 320 g/mol. The SMILES string of the molecule is O=C(C1CCC1)N1CCn2nc(CN[C@H]3CCSC3)cc2C1. The number of rotatable bonds is 4. The first-order chi connectivity index (χ1) is 10.8. The van der Waals surface area contributed by atoms with Crippen LogP contribution < -0.4 is 5.32 Å². The lowest BCUT2D eigenvalue weighted by Crippen LogP contribution is -2.43. The lowest BCUT2D eigenvalue weighted by atomic mass is 9.84. The molecule has 1 aliphatic carbocycles. The molecule has 1 N–H and O–H groups in total. The highest BCUT2D eigenvalue weighted by atomic mass is 32.2. The van der Waals surface area contributed by atoms with Crippen molar-refractivity contribution in [2.75, 3.05) is 18.1 Å². The number of fused-ring (bicyclic) bond motifs is 1. The maximum Gasteiger partial charge on any atom is 0.226 e. The normalized spacial score (nSPS) is 25.1. The fourth-order valence-corrected chi connectivity index (χ4v) is 4.65. The van der Waals surface area contributed by atoms with Crippen LogP contribution in [0.25, 0.3) is 0 Å². The number of hydrogen-bond acceptors (Lipinski definition) is 4. The molecule has 1 aromatic rings. The molecule has 3 aliphatic rings. The van der Waals surface area contributed by atoms with Crippen LogP contribution in [-0.4, -0.2) is 44.7 Å². The highest BCUT2D eigenvalue weighted by Gasteiger charge is 2.31. The van der Waals surface area contributed by atoms with Crippen molar-refractivity contribution in [2.45, 2.75) is 51.4 Å². The van der Waals surface area contributed by atoms with Gasteiger partial charge in [-0.25, -0.2) is 0 Å². The summed E-state index contributed by atoms with van der Waals surface area (Å²) in [6, 6.07) is 2.82. The van der Waals surface area contributed by atoms with E-state index in [1.54, 1.807) is 0 Å². The maximum absolute atomic E-state index is 12.4. The molecule has 3 heterocycles. The van der Waals surface area contributed by atoms with Crippen LogP contribution in [0.1, 0.15) is 37.1 Å². The Kier molecular flexibility index (Phi) is 4.13. The standard InChI is InChI=1S/C16H24N4OS/c21-16(12-2-1-3-12)19-5-6-20-15(10-19)8-14(18-20)9-17-13-4-7-22-11-13/h8,12-13,17H,1-7,9-11H2/t13-/m0/s1. The summed E-state index contributed by atoms with van der Waals surface area (Å²) in [6.07, 6.45) is 4.66. The number of carbonyl (C=O) groups is 1. The van der Waals surface area contributed by atoms with Crippen LogP contribution in [0.4, 0.5) is 0 Å². The van der Waals surface area contributed by atoms with E-state index in [4.69, 9.17) is 5.10 Å². The molecule has 1 amide bonds. The maximum atomic E-state index is 12.4. The van der Waals surface area contributed by atoms with Gasteiger partial charge in [0.25, 0.3) is 0 Å². The van der Waals surface area contributed by atoms with Crippen LogP contribution in [0.2, 0.25) is 0 Å². The van der Waals surface area contributed by atoms with E-state index < -0.39 is 0 Å². The predicted molar refractivity (Wildman–Crippen MR) is 87.6 cm³/mol. The molecule has 0 bridgehead atoms. The second-order valence-corrected chi connectivity index (χ2v) is 7.83. The van der Waals surface area contributed by atoms with Gasteiger partial charge in [0.15, 0.2) is 0 Å². The summed E-state index contributed by atoms with van der Waals surface area (Å²) < 4.78 is 2.09. The van der Waals surface area contributed by atoms with E-state index in [2.05, 4.69) is 16.1 Å². The average Bonchev–Trinajstić information content (AvgIpc) is 3.11. The van der Waals surface area contributed by atoms with Crippen LogP contribution in [-0.2, 0) is 24.4 Å². The molecule has 0 unspecified atom stereocenters. The summed E-state index contributed by atoms with van der Waals surface area (Å²) in [5, 5.41) is 8.29. The van der Waals surface area contributed by atoms with Crippen LogP contribution in [0, 0.1) is 5.92 Å². The Hall–Kier alpha value is -1.01. The topological polar surface area (TPSA) is 50.2 Å². The van der Waals surface area contributed by atoms with Crippen LogP contribution in [0.15, 0.2) is 6.07 Å². The number of carbonyl (C=O) groups excluding carboxylic acids is 1. The van der Waals surface area contributed by atoms with Gasteiger partial charge in [0.05, 0.1) is 24.5 Å². The minimum atomic E-state index is 0.301. The molecule has 22 heavy (non-hydrogen) atoms. The fraction of sp³-hybridized carbons (Fsp3) is 0.750. The molecule has 0 spiro atoms. The van der Waals surface area contributed by atoms with E-state index in [0.717, 1.165) is 44.7 Å². The van der Waals surface area contributed by atoms with E-state index >= 15 is 0 Å². The molecule has 2 fully saturated rings. The van der Waals surface area contributed by atoms with Crippen LogP contribution in [0.3, 0.4) is 0 Å². The summed E-state index contributed by atoms with van der Waals surface area (Å²) in [4.78, 5) is 14.4. The van der Waals surface area contributed by atoms with Gasteiger partial charge in [0.1, 0.15) is 0 Å². The zero-order chi connectivity index (χ0) is 14.9. The first-order valence-electron chi connectivity index (χ1n) is 8.45. The Morgan fingerprint density at radius 2 is 2.27 bits per heavy atom.